The lowest BCUT2D eigenvalue weighted by molar-refractivity contribution is 0.253. The predicted octanol–water partition coefficient (Wildman–Crippen LogP) is 1.58. The van der Waals surface area contributed by atoms with Crippen LogP contribution in [0.15, 0.2) is 42.9 Å². The van der Waals surface area contributed by atoms with E-state index in [0.29, 0.717) is 5.82 Å². The Morgan fingerprint density at radius 3 is 2.83 bits per heavy atom. The first-order valence-electron chi connectivity index (χ1n) is 7.78. The average Bonchev–Trinajstić information content (AvgIpc) is 3.20. The largest absolute Gasteiger partial charge is 0.395 e. The molecule has 118 valence electrons. The highest BCUT2D eigenvalue weighted by Gasteiger charge is 2.27. The molecule has 0 aliphatic carbocycles. The molecule has 2 atom stereocenters. The zero-order valence-corrected chi connectivity index (χ0v) is 12.7. The molecule has 0 unspecified atom stereocenters. The molecule has 1 fully saturated rings. The highest BCUT2D eigenvalue weighted by atomic mass is 16.3. The zero-order valence-electron chi connectivity index (χ0n) is 12.7. The van der Waals surface area contributed by atoms with E-state index in [1.165, 1.54) is 6.33 Å². The van der Waals surface area contributed by atoms with Gasteiger partial charge in [-0.3, -0.25) is 0 Å². The minimum Gasteiger partial charge on any atom is -0.395 e. The number of nitrogens with one attached hydrogen (secondary N) is 1. The summed E-state index contributed by atoms with van der Waals surface area (Å²) in [6.07, 6.45) is 4.49. The summed E-state index contributed by atoms with van der Waals surface area (Å²) >= 11 is 0. The van der Waals surface area contributed by atoms with Gasteiger partial charge in [-0.2, -0.15) is 0 Å². The summed E-state index contributed by atoms with van der Waals surface area (Å²) in [6.45, 7) is 0.964. The molecule has 0 amide bonds. The average molecular weight is 309 g/mol. The molecule has 2 aromatic heterocycles. The van der Waals surface area contributed by atoms with E-state index in [4.69, 9.17) is 5.73 Å². The fraction of sp³-hybridized carbons (Fsp3) is 0.294. The van der Waals surface area contributed by atoms with Crippen LogP contribution in [0.5, 0.6) is 0 Å². The van der Waals surface area contributed by atoms with Crippen LogP contribution in [0.4, 0.5) is 5.82 Å². The molecule has 1 aromatic carbocycles. The van der Waals surface area contributed by atoms with Crippen molar-refractivity contribution in [1.82, 2.24) is 19.9 Å². The first-order valence-corrected chi connectivity index (χ1v) is 7.78. The second kappa shape index (κ2) is 5.64. The molecule has 1 aliphatic heterocycles. The number of benzene rings is 1. The number of nitrogens with two attached hydrogens (primary N) is 1. The minimum atomic E-state index is 0.136. The second-order valence-electron chi connectivity index (χ2n) is 5.95. The summed E-state index contributed by atoms with van der Waals surface area (Å²) in [7, 11) is 0. The Hall–Kier alpha value is -2.44. The molecule has 4 rings (SSSR count). The van der Waals surface area contributed by atoms with Crippen LogP contribution in [-0.2, 0) is 0 Å². The fourth-order valence-corrected chi connectivity index (χ4v) is 3.37. The summed E-state index contributed by atoms with van der Waals surface area (Å²) in [5.74, 6) is 0.497. The Labute approximate surface area is 134 Å². The number of anilines is 1. The summed E-state index contributed by atoms with van der Waals surface area (Å²) in [5, 5.41) is 13.6. The van der Waals surface area contributed by atoms with Crippen LogP contribution < -0.4 is 11.1 Å². The van der Waals surface area contributed by atoms with E-state index < -0.39 is 0 Å². The number of nitrogen functional groups attached to an aromatic ring is 1. The summed E-state index contributed by atoms with van der Waals surface area (Å²) in [6, 6.07) is 10.5. The number of hydrogen-bond donors (Lipinski definition) is 3. The van der Waals surface area contributed by atoms with E-state index in [9.17, 15) is 5.11 Å². The highest BCUT2D eigenvalue weighted by Crippen LogP contribution is 2.35. The van der Waals surface area contributed by atoms with Crippen LogP contribution in [0, 0.1) is 0 Å². The van der Waals surface area contributed by atoms with Crippen molar-refractivity contribution >= 4 is 16.9 Å². The van der Waals surface area contributed by atoms with Crippen LogP contribution in [0.1, 0.15) is 12.5 Å². The molecule has 1 aliphatic rings. The van der Waals surface area contributed by atoms with E-state index >= 15 is 0 Å². The van der Waals surface area contributed by atoms with Gasteiger partial charge >= 0.3 is 0 Å². The van der Waals surface area contributed by atoms with E-state index in [1.807, 2.05) is 18.2 Å². The van der Waals surface area contributed by atoms with Crippen LogP contribution in [0.25, 0.3) is 22.2 Å². The van der Waals surface area contributed by atoms with Gasteiger partial charge in [-0.15, -0.1) is 0 Å². The number of fused-ring (bicyclic) bond motifs is 1. The molecule has 3 aromatic rings. The van der Waals surface area contributed by atoms with Crippen molar-refractivity contribution in [3.63, 3.8) is 0 Å². The summed E-state index contributed by atoms with van der Waals surface area (Å²) < 4.78 is 2.17. The van der Waals surface area contributed by atoms with Gasteiger partial charge in [0.1, 0.15) is 17.8 Å². The maximum atomic E-state index is 9.35. The van der Waals surface area contributed by atoms with E-state index in [2.05, 4.69) is 38.2 Å². The molecule has 23 heavy (non-hydrogen) atoms. The molecule has 0 radical (unpaired) electrons. The SMILES string of the molecule is Nc1ncnc2c1c(-c1ccccc1)cn2[C@@H]1CN[C@H](CO)C1. The molecular weight excluding hydrogens is 290 g/mol. The maximum absolute atomic E-state index is 9.35. The highest BCUT2D eigenvalue weighted by molar-refractivity contribution is 6.00. The molecule has 0 saturated carbocycles. The molecule has 0 spiro atoms. The molecule has 6 heteroatoms. The lowest BCUT2D eigenvalue weighted by Crippen LogP contribution is -2.24. The normalized spacial score (nSPS) is 21.1. The first kappa shape index (κ1) is 14.2. The minimum absolute atomic E-state index is 0.136. The van der Waals surface area contributed by atoms with Gasteiger partial charge in [0, 0.05) is 30.4 Å². The van der Waals surface area contributed by atoms with Crippen molar-refractivity contribution in [2.75, 3.05) is 18.9 Å². The summed E-state index contributed by atoms with van der Waals surface area (Å²) in [4.78, 5) is 8.63. The Morgan fingerprint density at radius 1 is 1.26 bits per heavy atom. The third kappa shape index (κ3) is 2.36. The molecule has 0 bridgehead atoms. The number of rotatable bonds is 3. The number of aliphatic hydroxyl groups excluding tert-OH is 1. The van der Waals surface area contributed by atoms with E-state index in [-0.39, 0.29) is 18.7 Å². The fourth-order valence-electron chi connectivity index (χ4n) is 3.37. The van der Waals surface area contributed by atoms with Gasteiger partial charge < -0.3 is 20.7 Å². The van der Waals surface area contributed by atoms with Crippen LogP contribution in [0.3, 0.4) is 0 Å². The number of nitrogens with zero attached hydrogens (tertiary/aromatic N) is 3. The van der Waals surface area contributed by atoms with Crippen molar-refractivity contribution < 1.29 is 5.11 Å². The monoisotopic (exact) mass is 309 g/mol. The molecular formula is C17H19N5O. The van der Waals surface area contributed by atoms with Gasteiger partial charge in [-0.25, -0.2) is 9.97 Å². The third-order valence-electron chi connectivity index (χ3n) is 4.54. The van der Waals surface area contributed by atoms with Gasteiger partial charge in [-0.1, -0.05) is 30.3 Å². The molecule has 3 heterocycles. The van der Waals surface area contributed by atoms with Gasteiger partial charge in [0.2, 0.25) is 0 Å². The lowest BCUT2D eigenvalue weighted by Gasteiger charge is -2.12. The second-order valence-corrected chi connectivity index (χ2v) is 5.95. The van der Waals surface area contributed by atoms with E-state index in [0.717, 1.165) is 35.1 Å². The number of aliphatic hydroxyl groups is 1. The first-order chi connectivity index (χ1) is 11.3. The quantitative estimate of drug-likeness (QED) is 0.683. The van der Waals surface area contributed by atoms with Crippen molar-refractivity contribution in [3.05, 3.63) is 42.9 Å². The lowest BCUT2D eigenvalue weighted by atomic mass is 10.1. The summed E-state index contributed by atoms with van der Waals surface area (Å²) in [5.41, 5.74) is 9.14. The van der Waals surface area contributed by atoms with Gasteiger partial charge in [0.25, 0.3) is 0 Å². The van der Waals surface area contributed by atoms with Crippen LogP contribution in [0.2, 0.25) is 0 Å². The van der Waals surface area contributed by atoms with Crippen molar-refractivity contribution in [1.29, 1.82) is 0 Å². The van der Waals surface area contributed by atoms with Gasteiger partial charge in [0.15, 0.2) is 0 Å². The third-order valence-corrected chi connectivity index (χ3v) is 4.54. The van der Waals surface area contributed by atoms with Crippen LogP contribution >= 0.6 is 0 Å². The smallest absolute Gasteiger partial charge is 0.146 e. The molecule has 4 N–H and O–H groups in total. The van der Waals surface area contributed by atoms with Crippen LogP contribution in [-0.4, -0.2) is 38.8 Å². The Kier molecular flexibility index (Phi) is 3.48. The topological polar surface area (TPSA) is 89.0 Å². The zero-order chi connectivity index (χ0) is 15.8. The molecule has 1 saturated heterocycles. The Morgan fingerprint density at radius 2 is 2.09 bits per heavy atom. The van der Waals surface area contributed by atoms with Crippen molar-refractivity contribution in [3.8, 4) is 11.1 Å². The number of hydrogen-bond acceptors (Lipinski definition) is 5. The van der Waals surface area contributed by atoms with Gasteiger partial charge in [-0.05, 0) is 12.0 Å². The standard InChI is InChI=1S/C17H19N5O/c18-16-15-14(11-4-2-1-3-5-11)8-22(17(15)21-10-20-16)13-6-12(9-23)19-7-13/h1-5,8,10,12-13,19,23H,6-7,9H2,(H2,18,20,21)/t12-,13-/m0/s1. The van der Waals surface area contributed by atoms with Gasteiger partial charge in [0.05, 0.1) is 12.0 Å². The molecule has 6 nitrogen and oxygen atoms in total. The van der Waals surface area contributed by atoms with E-state index in [1.54, 1.807) is 0 Å². The predicted molar refractivity (Wildman–Crippen MR) is 89.9 cm³/mol. The maximum Gasteiger partial charge on any atom is 0.146 e. The van der Waals surface area contributed by atoms with Crippen molar-refractivity contribution in [2.24, 2.45) is 0 Å². The Bertz CT molecular complexity index is 830. The van der Waals surface area contributed by atoms with Crippen molar-refractivity contribution in [2.45, 2.75) is 18.5 Å². The number of aromatic nitrogens is 3. The Balaban J connectivity index is 1.88.